The first-order chi connectivity index (χ1) is 13.2. The molecule has 1 amide bonds. The predicted octanol–water partition coefficient (Wildman–Crippen LogP) is 0.631. The monoisotopic (exact) mass is 416 g/mol. The SMILES string of the molecule is CCOC(=O)CN(C)C(=O)C1CCCN1S(=O)(=O)c1ccc(C(=O)OCC)o1. The number of hydrogen-bond donors (Lipinski definition) is 0. The molecule has 1 aromatic rings. The molecular formula is C17H24N2O8S. The summed E-state index contributed by atoms with van der Waals surface area (Å²) in [6, 6.07) is 1.41. The maximum absolute atomic E-state index is 12.9. The van der Waals surface area contributed by atoms with Gasteiger partial charge in [0.1, 0.15) is 12.6 Å². The molecular weight excluding hydrogens is 392 g/mol. The quantitative estimate of drug-likeness (QED) is 0.565. The normalized spacial score (nSPS) is 17.3. The van der Waals surface area contributed by atoms with Gasteiger partial charge in [-0.05, 0) is 38.8 Å². The van der Waals surface area contributed by atoms with Gasteiger partial charge in [-0.3, -0.25) is 9.59 Å². The third-order valence-corrected chi connectivity index (χ3v) is 5.94. The molecule has 1 atom stereocenters. The van der Waals surface area contributed by atoms with Crippen molar-refractivity contribution < 1.29 is 36.7 Å². The number of esters is 2. The Hall–Kier alpha value is -2.40. The van der Waals surface area contributed by atoms with Gasteiger partial charge in [-0.25, -0.2) is 13.2 Å². The van der Waals surface area contributed by atoms with Gasteiger partial charge < -0.3 is 18.8 Å². The number of nitrogens with zero attached hydrogens (tertiary/aromatic N) is 2. The van der Waals surface area contributed by atoms with Crippen molar-refractivity contribution in [3.05, 3.63) is 17.9 Å². The van der Waals surface area contributed by atoms with Crippen LogP contribution >= 0.6 is 0 Å². The lowest BCUT2D eigenvalue weighted by Gasteiger charge is -2.26. The van der Waals surface area contributed by atoms with Gasteiger partial charge >= 0.3 is 11.9 Å². The topological polar surface area (TPSA) is 123 Å². The Balaban J connectivity index is 2.17. The van der Waals surface area contributed by atoms with Crippen molar-refractivity contribution in [2.24, 2.45) is 0 Å². The minimum absolute atomic E-state index is 0.122. The summed E-state index contributed by atoms with van der Waals surface area (Å²) in [6.07, 6.45) is 0.797. The van der Waals surface area contributed by atoms with Crippen LogP contribution in [0.1, 0.15) is 37.2 Å². The highest BCUT2D eigenvalue weighted by atomic mass is 32.2. The molecule has 1 fully saturated rings. The number of likely N-dealkylation sites (N-methyl/N-ethyl adjacent to an activating group) is 1. The zero-order valence-electron chi connectivity index (χ0n) is 16.0. The second-order valence-corrected chi connectivity index (χ2v) is 7.93. The number of amides is 1. The first-order valence-corrected chi connectivity index (χ1v) is 10.4. The van der Waals surface area contributed by atoms with Crippen molar-refractivity contribution >= 4 is 27.9 Å². The fourth-order valence-electron chi connectivity index (χ4n) is 2.89. The van der Waals surface area contributed by atoms with Crippen LogP contribution in [0.4, 0.5) is 0 Å². The second-order valence-electron chi connectivity index (χ2n) is 6.11. The van der Waals surface area contributed by atoms with Crippen LogP contribution in [0.25, 0.3) is 0 Å². The van der Waals surface area contributed by atoms with E-state index in [9.17, 15) is 22.8 Å². The van der Waals surface area contributed by atoms with E-state index in [0.29, 0.717) is 12.8 Å². The molecule has 0 spiro atoms. The number of carbonyl (C=O) groups excluding carboxylic acids is 3. The lowest BCUT2D eigenvalue weighted by atomic mass is 10.2. The number of hydrogen-bond acceptors (Lipinski definition) is 8. The Kier molecular flexibility index (Phi) is 7.19. The van der Waals surface area contributed by atoms with E-state index in [1.807, 2.05) is 0 Å². The van der Waals surface area contributed by atoms with Crippen molar-refractivity contribution in [1.82, 2.24) is 9.21 Å². The second kappa shape index (κ2) is 9.20. The average Bonchev–Trinajstić information content (AvgIpc) is 3.31. The molecule has 2 rings (SSSR count). The van der Waals surface area contributed by atoms with E-state index in [2.05, 4.69) is 0 Å². The number of rotatable bonds is 8. The van der Waals surface area contributed by atoms with E-state index in [-0.39, 0.29) is 32.1 Å². The maximum Gasteiger partial charge on any atom is 0.374 e. The summed E-state index contributed by atoms with van der Waals surface area (Å²) < 4.78 is 41.6. The molecule has 156 valence electrons. The smallest absolute Gasteiger partial charge is 0.374 e. The van der Waals surface area contributed by atoms with Gasteiger partial charge in [0, 0.05) is 13.6 Å². The summed E-state index contributed by atoms with van der Waals surface area (Å²) in [5.74, 6) is -2.09. The fraction of sp³-hybridized carbons (Fsp3) is 0.588. The van der Waals surface area contributed by atoms with Crippen LogP contribution in [0.15, 0.2) is 21.6 Å². The van der Waals surface area contributed by atoms with Crippen molar-refractivity contribution in [1.29, 1.82) is 0 Å². The molecule has 1 aromatic heterocycles. The molecule has 1 saturated heterocycles. The first kappa shape index (κ1) is 21.9. The molecule has 1 aliphatic rings. The number of carbonyl (C=O) groups is 3. The molecule has 2 heterocycles. The van der Waals surface area contributed by atoms with Gasteiger partial charge in [0.15, 0.2) is 0 Å². The largest absolute Gasteiger partial charge is 0.465 e. The van der Waals surface area contributed by atoms with Gasteiger partial charge in [0.2, 0.25) is 16.8 Å². The third-order valence-electron chi connectivity index (χ3n) is 4.16. The molecule has 28 heavy (non-hydrogen) atoms. The molecule has 11 heteroatoms. The molecule has 0 radical (unpaired) electrons. The first-order valence-electron chi connectivity index (χ1n) is 8.91. The Morgan fingerprint density at radius 3 is 2.54 bits per heavy atom. The molecule has 0 aliphatic carbocycles. The summed E-state index contributed by atoms with van der Waals surface area (Å²) in [5.41, 5.74) is 0. The van der Waals surface area contributed by atoms with Gasteiger partial charge in [0.25, 0.3) is 10.0 Å². The van der Waals surface area contributed by atoms with Gasteiger partial charge in [-0.1, -0.05) is 0 Å². The van der Waals surface area contributed by atoms with Crippen molar-refractivity contribution in [3.8, 4) is 0 Å². The fourth-order valence-corrected chi connectivity index (χ4v) is 4.46. The van der Waals surface area contributed by atoms with E-state index >= 15 is 0 Å². The Morgan fingerprint density at radius 2 is 1.89 bits per heavy atom. The Morgan fingerprint density at radius 1 is 1.21 bits per heavy atom. The lowest BCUT2D eigenvalue weighted by Crippen LogP contribution is -2.47. The van der Waals surface area contributed by atoms with Crippen LogP contribution in [0.5, 0.6) is 0 Å². The minimum atomic E-state index is -4.14. The molecule has 0 saturated carbocycles. The van der Waals surface area contributed by atoms with Gasteiger partial charge in [-0.15, -0.1) is 0 Å². The highest BCUT2D eigenvalue weighted by Gasteiger charge is 2.42. The average molecular weight is 416 g/mol. The molecule has 10 nitrogen and oxygen atoms in total. The summed E-state index contributed by atoms with van der Waals surface area (Å²) in [7, 11) is -2.73. The zero-order chi connectivity index (χ0) is 20.9. The third kappa shape index (κ3) is 4.71. The maximum atomic E-state index is 12.9. The van der Waals surface area contributed by atoms with Crippen LogP contribution in [-0.4, -0.2) is 74.9 Å². The minimum Gasteiger partial charge on any atom is -0.465 e. The summed E-state index contributed by atoms with van der Waals surface area (Å²) >= 11 is 0. The Bertz CT molecular complexity index is 832. The molecule has 0 bridgehead atoms. The standard InChI is InChI=1S/C17H24N2O8S/c1-4-25-14(20)11-18(3)16(21)12-7-6-10-19(12)28(23,24)15-9-8-13(27-15)17(22)26-5-2/h8-9,12H,4-7,10-11H2,1-3H3. The van der Waals surface area contributed by atoms with Crippen molar-refractivity contribution in [2.75, 3.05) is 33.4 Å². The summed E-state index contributed by atoms with van der Waals surface area (Å²) in [5, 5.41) is -0.441. The number of sulfonamides is 1. The Labute approximate surface area is 163 Å². The summed E-state index contributed by atoms with van der Waals surface area (Å²) in [6.45, 7) is 3.43. The van der Waals surface area contributed by atoms with Crippen molar-refractivity contribution in [3.63, 3.8) is 0 Å². The van der Waals surface area contributed by atoms with Crippen LogP contribution in [0, 0.1) is 0 Å². The van der Waals surface area contributed by atoms with Gasteiger partial charge in [0.05, 0.1) is 13.2 Å². The summed E-state index contributed by atoms with van der Waals surface area (Å²) in [4.78, 5) is 37.1. The van der Waals surface area contributed by atoms with E-state index in [4.69, 9.17) is 13.9 Å². The predicted molar refractivity (Wildman–Crippen MR) is 95.8 cm³/mol. The van der Waals surface area contributed by atoms with Gasteiger partial charge in [-0.2, -0.15) is 4.31 Å². The van der Waals surface area contributed by atoms with Crippen LogP contribution in [-0.2, 0) is 29.1 Å². The zero-order valence-corrected chi connectivity index (χ0v) is 16.9. The van der Waals surface area contributed by atoms with Crippen LogP contribution in [0.2, 0.25) is 0 Å². The molecule has 0 N–H and O–H groups in total. The van der Waals surface area contributed by atoms with Crippen molar-refractivity contribution in [2.45, 2.75) is 37.8 Å². The van der Waals surface area contributed by atoms with E-state index < -0.39 is 39.0 Å². The number of ether oxygens (including phenoxy) is 2. The highest BCUT2D eigenvalue weighted by Crippen LogP contribution is 2.28. The lowest BCUT2D eigenvalue weighted by molar-refractivity contribution is -0.149. The van der Waals surface area contributed by atoms with Crippen LogP contribution < -0.4 is 0 Å². The molecule has 1 aliphatic heterocycles. The number of furan rings is 1. The molecule has 1 unspecified atom stereocenters. The van der Waals surface area contributed by atoms with E-state index in [0.717, 1.165) is 15.3 Å². The molecule has 0 aromatic carbocycles. The highest BCUT2D eigenvalue weighted by molar-refractivity contribution is 7.89. The van der Waals surface area contributed by atoms with Crippen LogP contribution in [0.3, 0.4) is 0 Å². The van der Waals surface area contributed by atoms with E-state index in [1.54, 1.807) is 13.8 Å². The van der Waals surface area contributed by atoms with E-state index in [1.165, 1.54) is 13.1 Å².